The summed E-state index contributed by atoms with van der Waals surface area (Å²) >= 11 is 0. The molecule has 0 spiro atoms. The van der Waals surface area contributed by atoms with Gasteiger partial charge in [0.1, 0.15) is 17.2 Å². The molecule has 6 nitrogen and oxygen atoms in total. The van der Waals surface area contributed by atoms with Gasteiger partial charge in [0.25, 0.3) is 0 Å². The number of aromatic carboxylic acids is 1. The van der Waals surface area contributed by atoms with Crippen molar-refractivity contribution in [3.05, 3.63) is 42.1 Å². The smallest absolute Gasteiger partial charge is 0.353 e. The lowest BCUT2D eigenvalue weighted by Gasteiger charge is -2.07. The highest BCUT2D eigenvalue weighted by molar-refractivity contribution is 6.00. The first-order chi connectivity index (χ1) is 9.56. The van der Waals surface area contributed by atoms with E-state index in [9.17, 15) is 15.0 Å². The molecule has 0 saturated carbocycles. The van der Waals surface area contributed by atoms with Crippen LogP contribution in [0.1, 0.15) is 10.5 Å². The molecule has 0 unspecified atom stereocenters. The topological polar surface area (TPSA) is 106 Å². The largest absolute Gasteiger partial charge is 0.508 e. The third kappa shape index (κ3) is 1.83. The molecule has 4 N–H and O–H groups in total. The van der Waals surface area contributed by atoms with Gasteiger partial charge in [-0.3, -0.25) is 5.10 Å². The van der Waals surface area contributed by atoms with E-state index in [2.05, 4.69) is 10.2 Å². The number of phenolic OH excluding ortho intramolecular Hbond substituents is 2. The minimum Gasteiger partial charge on any atom is -0.508 e. The summed E-state index contributed by atoms with van der Waals surface area (Å²) in [5, 5.41) is 36.2. The molecule has 0 amide bonds. The number of aromatic hydroxyl groups is 2. The fraction of sp³-hybridized carbons (Fsp3) is 0. The van der Waals surface area contributed by atoms with Crippen molar-refractivity contribution >= 4 is 16.7 Å². The first kappa shape index (κ1) is 12.0. The second-order valence-electron chi connectivity index (χ2n) is 4.34. The van der Waals surface area contributed by atoms with E-state index >= 15 is 0 Å². The Labute approximate surface area is 112 Å². The second kappa shape index (κ2) is 4.27. The number of hydrogen-bond donors (Lipinski definition) is 4. The second-order valence-corrected chi connectivity index (χ2v) is 4.34. The van der Waals surface area contributed by atoms with Crippen LogP contribution in [0.5, 0.6) is 11.5 Å². The van der Waals surface area contributed by atoms with E-state index in [4.69, 9.17) is 5.11 Å². The van der Waals surface area contributed by atoms with Gasteiger partial charge in [-0.15, -0.1) is 0 Å². The average Bonchev–Trinajstić information content (AvgIpc) is 2.88. The van der Waals surface area contributed by atoms with Crippen LogP contribution in [0.25, 0.3) is 22.0 Å². The Morgan fingerprint density at radius 1 is 1.10 bits per heavy atom. The summed E-state index contributed by atoms with van der Waals surface area (Å²) in [4.78, 5) is 10.9. The molecule has 1 heterocycles. The van der Waals surface area contributed by atoms with Crippen LogP contribution in [-0.2, 0) is 0 Å². The highest BCUT2D eigenvalue weighted by Crippen LogP contribution is 2.36. The van der Waals surface area contributed by atoms with Gasteiger partial charge >= 0.3 is 5.97 Å². The predicted octanol–water partition coefficient (Wildman–Crippen LogP) is 2.34. The van der Waals surface area contributed by atoms with Crippen LogP contribution in [-0.4, -0.2) is 31.5 Å². The van der Waals surface area contributed by atoms with E-state index in [0.717, 1.165) is 5.39 Å². The van der Waals surface area contributed by atoms with Crippen molar-refractivity contribution in [1.82, 2.24) is 10.2 Å². The van der Waals surface area contributed by atoms with E-state index in [1.54, 1.807) is 12.1 Å². The maximum atomic E-state index is 10.9. The Morgan fingerprint density at radius 2 is 1.85 bits per heavy atom. The molecule has 0 atom stereocenters. The van der Waals surface area contributed by atoms with E-state index in [0.29, 0.717) is 16.6 Å². The zero-order valence-corrected chi connectivity index (χ0v) is 10.2. The maximum Gasteiger partial charge on any atom is 0.353 e. The maximum absolute atomic E-state index is 10.9. The average molecular weight is 270 g/mol. The summed E-state index contributed by atoms with van der Waals surface area (Å²) in [5.41, 5.74) is 0.606. The monoisotopic (exact) mass is 270 g/mol. The van der Waals surface area contributed by atoms with Gasteiger partial charge in [-0.2, -0.15) is 5.10 Å². The normalized spacial score (nSPS) is 10.8. The number of aromatic amines is 1. The van der Waals surface area contributed by atoms with Gasteiger partial charge in [-0.1, -0.05) is 12.1 Å². The summed E-state index contributed by atoms with van der Waals surface area (Å²) in [6, 6.07) is 9.29. The number of H-pyrrole nitrogens is 1. The van der Waals surface area contributed by atoms with Crippen LogP contribution in [0.3, 0.4) is 0 Å². The highest BCUT2D eigenvalue weighted by Gasteiger charge is 2.15. The van der Waals surface area contributed by atoms with Gasteiger partial charge in [0, 0.05) is 0 Å². The summed E-state index contributed by atoms with van der Waals surface area (Å²) in [5.74, 6) is -1.11. The van der Waals surface area contributed by atoms with Crippen molar-refractivity contribution < 1.29 is 20.1 Å². The van der Waals surface area contributed by atoms with Crippen LogP contribution >= 0.6 is 0 Å². The number of rotatable bonds is 2. The van der Waals surface area contributed by atoms with Crippen molar-refractivity contribution in [3.8, 4) is 22.8 Å². The first-order valence-corrected chi connectivity index (χ1v) is 5.80. The number of aromatic nitrogens is 2. The van der Waals surface area contributed by atoms with Crippen LogP contribution in [0, 0.1) is 0 Å². The van der Waals surface area contributed by atoms with Crippen LogP contribution in [0.2, 0.25) is 0 Å². The number of carboxylic acid groups (broad SMARTS) is 1. The molecule has 3 aromatic rings. The van der Waals surface area contributed by atoms with Crippen molar-refractivity contribution in [3.63, 3.8) is 0 Å². The minimum atomic E-state index is -1.13. The Balaban J connectivity index is 2.30. The zero-order chi connectivity index (χ0) is 14.3. The van der Waals surface area contributed by atoms with Gasteiger partial charge in [-0.05, 0) is 35.0 Å². The summed E-state index contributed by atoms with van der Waals surface area (Å²) in [6.45, 7) is 0. The van der Waals surface area contributed by atoms with E-state index in [-0.39, 0.29) is 17.2 Å². The molecule has 0 bridgehead atoms. The Kier molecular flexibility index (Phi) is 2.57. The fourth-order valence-corrected chi connectivity index (χ4v) is 2.12. The standard InChI is InChI=1S/C14H10N2O4/c17-8-3-1-7-2-4-12(18)13(9(7)5-8)10-6-11(14(19)20)16-15-10/h1-6,17-18H,(H,15,16)(H,19,20). The van der Waals surface area contributed by atoms with E-state index in [1.807, 2.05) is 0 Å². The quantitative estimate of drug-likeness (QED) is 0.571. The van der Waals surface area contributed by atoms with Crippen LogP contribution in [0.4, 0.5) is 0 Å². The molecule has 0 aliphatic carbocycles. The predicted molar refractivity (Wildman–Crippen MR) is 71.8 cm³/mol. The van der Waals surface area contributed by atoms with Crippen molar-refractivity contribution in [2.75, 3.05) is 0 Å². The number of fused-ring (bicyclic) bond motifs is 1. The molecule has 0 saturated heterocycles. The molecular weight excluding hydrogens is 260 g/mol. The van der Waals surface area contributed by atoms with Gasteiger partial charge < -0.3 is 15.3 Å². The molecule has 0 fully saturated rings. The molecule has 6 heteroatoms. The third-order valence-electron chi connectivity index (χ3n) is 3.05. The molecule has 100 valence electrons. The van der Waals surface area contributed by atoms with Gasteiger partial charge in [-0.25, -0.2) is 4.79 Å². The molecule has 0 aliphatic rings. The molecule has 0 aliphatic heterocycles. The Morgan fingerprint density at radius 3 is 2.55 bits per heavy atom. The molecular formula is C14H10N2O4. The lowest BCUT2D eigenvalue weighted by molar-refractivity contribution is 0.0690. The van der Waals surface area contributed by atoms with Crippen LogP contribution in [0.15, 0.2) is 36.4 Å². The zero-order valence-electron chi connectivity index (χ0n) is 10.2. The van der Waals surface area contributed by atoms with Gasteiger partial charge in [0.05, 0.1) is 11.3 Å². The fourth-order valence-electron chi connectivity index (χ4n) is 2.12. The molecule has 3 rings (SSSR count). The molecule has 1 aromatic heterocycles. The van der Waals surface area contributed by atoms with E-state index in [1.165, 1.54) is 24.3 Å². The summed E-state index contributed by atoms with van der Waals surface area (Å²) in [6.07, 6.45) is 0. The Hall–Kier alpha value is -3.02. The Bertz CT molecular complexity index is 818. The van der Waals surface area contributed by atoms with E-state index < -0.39 is 5.97 Å². The SMILES string of the molecule is O=C(O)c1cc(-c2c(O)ccc3ccc(O)cc23)n[nH]1. The van der Waals surface area contributed by atoms with Crippen molar-refractivity contribution in [1.29, 1.82) is 0 Å². The number of phenols is 2. The third-order valence-corrected chi connectivity index (χ3v) is 3.05. The molecule has 0 radical (unpaired) electrons. The molecule has 2 aromatic carbocycles. The highest BCUT2D eigenvalue weighted by atomic mass is 16.4. The number of carboxylic acids is 1. The van der Waals surface area contributed by atoms with Crippen molar-refractivity contribution in [2.45, 2.75) is 0 Å². The minimum absolute atomic E-state index is 0.0356. The number of benzene rings is 2. The molecule has 20 heavy (non-hydrogen) atoms. The lowest BCUT2D eigenvalue weighted by atomic mass is 10.0. The number of carbonyl (C=O) groups is 1. The van der Waals surface area contributed by atoms with Crippen molar-refractivity contribution in [2.24, 2.45) is 0 Å². The lowest BCUT2D eigenvalue weighted by Crippen LogP contribution is -1.95. The summed E-state index contributed by atoms with van der Waals surface area (Å²) < 4.78 is 0. The van der Waals surface area contributed by atoms with Gasteiger partial charge in [0.2, 0.25) is 0 Å². The van der Waals surface area contributed by atoms with Gasteiger partial charge in [0.15, 0.2) is 0 Å². The number of hydrogen-bond acceptors (Lipinski definition) is 4. The number of nitrogens with zero attached hydrogens (tertiary/aromatic N) is 1. The first-order valence-electron chi connectivity index (χ1n) is 5.80. The van der Waals surface area contributed by atoms with Crippen LogP contribution < -0.4 is 0 Å². The summed E-state index contributed by atoms with van der Waals surface area (Å²) in [7, 11) is 0. The number of nitrogens with one attached hydrogen (secondary N) is 1.